The predicted molar refractivity (Wildman–Crippen MR) is 116 cm³/mol. The summed E-state index contributed by atoms with van der Waals surface area (Å²) in [5.74, 6) is -1.20. The van der Waals surface area contributed by atoms with Crippen LogP contribution in [0.4, 0.5) is 0 Å². The molecule has 0 heterocycles. The lowest BCUT2D eigenvalue weighted by molar-refractivity contribution is -0.141. The minimum atomic E-state index is -1.01. The first-order valence-electron chi connectivity index (χ1n) is 10.7. The maximum atomic E-state index is 12.2. The lowest BCUT2D eigenvalue weighted by Crippen LogP contribution is -2.42. The van der Waals surface area contributed by atoms with E-state index in [9.17, 15) is 14.7 Å². The molecule has 5 heteroatoms. The van der Waals surface area contributed by atoms with E-state index in [1.165, 1.54) is 0 Å². The number of amides is 1. The van der Waals surface area contributed by atoms with Crippen LogP contribution in [0.25, 0.3) is 10.8 Å². The van der Waals surface area contributed by atoms with Gasteiger partial charge in [-0.3, -0.25) is 4.79 Å². The van der Waals surface area contributed by atoms with Crippen molar-refractivity contribution in [2.24, 2.45) is 0 Å². The number of fused-ring (bicyclic) bond motifs is 1. The molecule has 0 aliphatic carbocycles. The van der Waals surface area contributed by atoms with Crippen LogP contribution in [-0.2, 0) is 16.0 Å². The van der Waals surface area contributed by atoms with Gasteiger partial charge < -0.3 is 15.5 Å². The number of rotatable bonds is 14. The van der Waals surface area contributed by atoms with E-state index in [1.54, 1.807) is 0 Å². The number of carbonyl (C=O) groups is 2. The quantitative estimate of drug-likeness (QED) is 0.410. The lowest BCUT2D eigenvalue weighted by atomic mass is 9.98. The number of carbonyl (C=O) groups excluding carboxylic acids is 1. The molecule has 0 aromatic heterocycles. The molecule has 158 valence electrons. The van der Waals surface area contributed by atoms with Crippen molar-refractivity contribution in [2.45, 2.75) is 70.3 Å². The Hall–Kier alpha value is -2.40. The number of nitrogens with one attached hydrogen (secondary N) is 1. The highest BCUT2D eigenvalue weighted by atomic mass is 16.4. The Balaban J connectivity index is 1.74. The van der Waals surface area contributed by atoms with Gasteiger partial charge in [-0.25, -0.2) is 4.79 Å². The van der Waals surface area contributed by atoms with Gasteiger partial charge in [0, 0.05) is 19.4 Å². The molecule has 2 rings (SSSR count). The summed E-state index contributed by atoms with van der Waals surface area (Å²) in [6, 6.07) is 12.8. The molecule has 0 fully saturated rings. The van der Waals surface area contributed by atoms with Crippen molar-refractivity contribution >= 4 is 22.6 Å². The van der Waals surface area contributed by atoms with Crippen LogP contribution >= 0.6 is 0 Å². The van der Waals surface area contributed by atoms with Crippen LogP contribution in [0.3, 0.4) is 0 Å². The van der Waals surface area contributed by atoms with E-state index in [-0.39, 0.29) is 18.9 Å². The SMILES string of the molecule is O=C(CCCCCCCCCCO)N[C@@H](Cc1cccc2ccccc12)C(=O)O. The number of aliphatic carboxylic acids is 1. The summed E-state index contributed by atoms with van der Waals surface area (Å²) >= 11 is 0. The van der Waals surface area contributed by atoms with Gasteiger partial charge in [0.1, 0.15) is 6.04 Å². The minimum Gasteiger partial charge on any atom is -0.480 e. The number of carboxylic acid groups (broad SMARTS) is 1. The fourth-order valence-electron chi connectivity index (χ4n) is 3.61. The van der Waals surface area contributed by atoms with Gasteiger partial charge in [0.05, 0.1) is 0 Å². The molecule has 29 heavy (non-hydrogen) atoms. The first-order chi connectivity index (χ1) is 14.1. The maximum Gasteiger partial charge on any atom is 0.326 e. The van der Waals surface area contributed by atoms with Crippen LogP contribution in [0.2, 0.25) is 0 Å². The lowest BCUT2D eigenvalue weighted by Gasteiger charge is -2.16. The normalized spacial score (nSPS) is 12.0. The Morgan fingerprint density at radius 1 is 0.828 bits per heavy atom. The Bertz CT molecular complexity index is 769. The molecule has 0 unspecified atom stereocenters. The monoisotopic (exact) mass is 399 g/mol. The van der Waals surface area contributed by atoms with Crippen molar-refractivity contribution in [3.63, 3.8) is 0 Å². The van der Waals surface area contributed by atoms with E-state index in [1.807, 2.05) is 42.5 Å². The number of carboxylic acids is 1. The average molecular weight is 400 g/mol. The summed E-state index contributed by atoms with van der Waals surface area (Å²) in [6.45, 7) is 0.271. The number of unbranched alkanes of at least 4 members (excludes halogenated alkanes) is 7. The molecule has 3 N–H and O–H groups in total. The van der Waals surface area contributed by atoms with Crippen LogP contribution < -0.4 is 5.32 Å². The molecule has 0 saturated carbocycles. The van der Waals surface area contributed by atoms with Crippen molar-refractivity contribution < 1.29 is 19.8 Å². The number of aliphatic hydroxyl groups excluding tert-OH is 1. The summed E-state index contributed by atoms with van der Waals surface area (Å²) < 4.78 is 0. The van der Waals surface area contributed by atoms with Crippen molar-refractivity contribution in [2.75, 3.05) is 6.61 Å². The van der Waals surface area contributed by atoms with Crippen LogP contribution in [0.5, 0.6) is 0 Å². The molecule has 1 amide bonds. The second-order valence-corrected chi connectivity index (χ2v) is 7.60. The van der Waals surface area contributed by atoms with Gasteiger partial charge in [-0.15, -0.1) is 0 Å². The standard InChI is InChI=1S/C24H33NO4/c26-17-10-6-4-2-1-3-5-7-16-23(27)25-22(24(28)29)18-20-14-11-13-19-12-8-9-15-21(19)20/h8-9,11-15,22,26H,1-7,10,16-18H2,(H,25,27)(H,28,29)/t22-/m0/s1. The zero-order chi connectivity index (χ0) is 20.9. The van der Waals surface area contributed by atoms with E-state index >= 15 is 0 Å². The van der Waals surface area contributed by atoms with E-state index in [0.29, 0.717) is 6.42 Å². The molecule has 0 aliphatic rings. The molecule has 0 radical (unpaired) electrons. The number of aliphatic hydroxyl groups is 1. The average Bonchev–Trinajstić information content (AvgIpc) is 2.72. The summed E-state index contributed by atoms with van der Waals surface area (Å²) in [4.78, 5) is 23.9. The smallest absolute Gasteiger partial charge is 0.326 e. The van der Waals surface area contributed by atoms with Crippen LogP contribution in [0.1, 0.15) is 63.4 Å². The van der Waals surface area contributed by atoms with Gasteiger partial charge in [-0.05, 0) is 29.2 Å². The van der Waals surface area contributed by atoms with Gasteiger partial charge in [-0.1, -0.05) is 81.0 Å². The molecule has 2 aromatic rings. The van der Waals surface area contributed by atoms with Gasteiger partial charge in [-0.2, -0.15) is 0 Å². The van der Waals surface area contributed by atoms with Crippen molar-refractivity contribution in [3.8, 4) is 0 Å². The topological polar surface area (TPSA) is 86.6 Å². The molecule has 1 atom stereocenters. The molecule has 0 bridgehead atoms. The third-order valence-corrected chi connectivity index (χ3v) is 5.25. The highest BCUT2D eigenvalue weighted by Gasteiger charge is 2.21. The largest absolute Gasteiger partial charge is 0.480 e. The maximum absolute atomic E-state index is 12.2. The van der Waals surface area contributed by atoms with E-state index < -0.39 is 12.0 Å². The summed E-state index contributed by atoms with van der Waals surface area (Å²) in [6.07, 6.45) is 8.90. The molecule has 0 aliphatic heterocycles. The predicted octanol–water partition coefficient (Wildman–Crippen LogP) is 4.45. The Morgan fingerprint density at radius 3 is 2.14 bits per heavy atom. The third kappa shape index (κ3) is 8.24. The molecule has 5 nitrogen and oxygen atoms in total. The van der Waals surface area contributed by atoms with Gasteiger partial charge in [0.25, 0.3) is 0 Å². The van der Waals surface area contributed by atoms with E-state index in [0.717, 1.165) is 67.7 Å². The number of hydrogen-bond acceptors (Lipinski definition) is 3. The zero-order valence-corrected chi connectivity index (χ0v) is 17.1. The highest BCUT2D eigenvalue weighted by Crippen LogP contribution is 2.20. The molecular weight excluding hydrogens is 366 g/mol. The Labute approximate surface area is 173 Å². The van der Waals surface area contributed by atoms with E-state index in [4.69, 9.17) is 5.11 Å². The number of hydrogen-bond donors (Lipinski definition) is 3. The van der Waals surface area contributed by atoms with Gasteiger partial charge >= 0.3 is 5.97 Å². The Morgan fingerprint density at radius 2 is 1.45 bits per heavy atom. The van der Waals surface area contributed by atoms with Crippen LogP contribution in [0.15, 0.2) is 42.5 Å². The fraction of sp³-hybridized carbons (Fsp3) is 0.500. The molecule has 2 aromatic carbocycles. The fourth-order valence-corrected chi connectivity index (χ4v) is 3.61. The third-order valence-electron chi connectivity index (χ3n) is 5.25. The van der Waals surface area contributed by atoms with E-state index in [2.05, 4.69) is 5.32 Å². The zero-order valence-electron chi connectivity index (χ0n) is 17.1. The van der Waals surface area contributed by atoms with Crippen molar-refractivity contribution in [1.29, 1.82) is 0 Å². The summed E-state index contributed by atoms with van der Waals surface area (Å²) in [7, 11) is 0. The van der Waals surface area contributed by atoms with Crippen molar-refractivity contribution in [3.05, 3.63) is 48.0 Å². The first-order valence-corrected chi connectivity index (χ1v) is 10.7. The molecule has 0 saturated heterocycles. The minimum absolute atomic E-state index is 0.194. The van der Waals surface area contributed by atoms with Crippen LogP contribution in [-0.4, -0.2) is 34.7 Å². The molecular formula is C24H33NO4. The highest BCUT2D eigenvalue weighted by molar-refractivity contribution is 5.88. The molecule has 0 spiro atoms. The van der Waals surface area contributed by atoms with Gasteiger partial charge in [0.15, 0.2) is 0 Å². The Kier molecular flexibility index (Phi) is 10.2. The van der Waals surface area contributed by atoms with Gasteiger partial charge in [0.2, 0.25) is 5.91 Å². The second kappa shape index (κ2) is 12.9. The van der Waals surface area contributed by atoms with Crippen LogP contribution in [0, 0.1) is 0 Å². The summed E-state index contributed by atoms with van der Waals surface area (Å²) in [5, 5.41) is 23.1. The van der Waals surface area contributed by atoms with Crippen molar-refractivity contribution in [1.82, 2.24) is 5.32 Å². The second-order valence-electron chi connectivity index (χ2n) is 7.60. The first kappa shape index (κ1) is 22.9. The number of benzene rings is 2. The summed E-state index contributed by atoms with van der Waals surface area (Å²) in [5.41, 5.74) is 0.928.